The highest BCUT2D eigenvalue weighted by Crippen LogP contribution is 2.48. The summed E-state index contributed by atoms with van der Waals surface area (Å²) in [4.78, 5) is 43.1. The average molecular weight is 523 g/mol. The molecule has 2 heterocycles. The van der Waals surface area contributed by atoms with Crippen LogP contribution in [0.15, 0.2) is 30.5 Å². The van der Waals surface area contributed by atoms with E-state index in [9.17, 15) is 31.9 Å². The van der Waals surface area contributed by atoms with Gasteiger partial charge in [0.1, 0.15) is 6.04 Å². The molecule has 2 fully saturated rings. The van der Waals surface area contributed by atoms with Crippen LogP contribution in [0.3, 0.4) is 0 Å². The van der Waals surface area contributed by atoms with Crippen LogP contribution in [0.1, 0.15) is 24.1 Å². The molecule has 1 saturated carbocycles. The smallest absolute Gasteiger partial charge is 0.403 e. The number of likely N-dealkylation sites (tertiary alicyclic amines) is 1. The van der Waals surface area contributed by atoms with E-state index in [4.69, 9.17) is 11.1 Å². The second kappa shape index (κ2) is 9.67. The van der Waals surface area contributed by atoms with Crippen molar-refractivity contribution < 1.29 is 42.1 Å². The number of halogens is 4. The molecule has 37 heavy (non-hydrogen) atoms. The molecule has 10 nitrogen and oxygen atoms in total. The standard InChI is InChI=1S/C23H22F4N6O4/c1-10-5-12(20(28)21(29)35)14(8-30-10)31-9-18(34)33-15-6-11(15)7-16(33)22(36)32-13-3-2-4-17(19(13)24)37-23(25,26)27/h2-5,8,11,15-16,28,31H,6-7,9H2,1H3,(H2,29,35)(H,32,36)/p+1/t11?,15-,16+/m1/s1. The number of carbonyl (C=O) groups excluding carboxylic acids is 3. The van der Waals surface area contributed by atoms with Crippen molar-refractivity contribution in [1.29, 1.82) is 0 Å². The Bertz CT molecular complexity index is 1280. The Kier molecular flexibility index (Phi) is 6.76. The summed E-state index contributed by atoms with van der Waals surface area (Å²) in [5, 5.41) is 10.9. The maximum atomic E-state index is 14.5. The van der Waals surface area contributed by atoms with Gasteiger partial charge >= 0.3 is 12.3 Å². The zero-order chi connectivity index (χ0) is 27.1. The number of ether oxygens (including phenoxy) is 1. The number of aryl methyl sites for hydroxylation is 1. The maximum absolute atomic E-state index is 14.5. The molecule has 3 atom stereocenters. The number of benzene rings is 1. The zero-order valence-electron chi connectivity index (χ0n) is 19.4. The fourth-order valence-electron chi connectivity index (χ4n) is 4.39. The van der Waals surface area contributed by atoms with E-state index < -0.39 is 47.4 Å². The summed E-state index contributed by atoms with van der Waals surface area (Å²) >= 11 is 0. The third-order valence-corrected chi connectivity index (χ3v) is 6.17. The quantitative estimate of drug-likeness (QED) is 0.292. The molecule has 0 spiro atoms. The van der Waals surface area contributed by atoms with Gasteiger partial charge in [0.25, 0.3) is 5.71 Å². The number of alkyl halides is 3. The molecule has 1 aliphatic carbocycles. The minimum atomic E-state index is -5.11. The van der Waals surface area contributed by atoms with Crippen molar-refractivity contribution in [2.24, 2.45) is 11.7 Å². The highest BCUT2D eigenvalue weighted by Gasteiger charge is 2.56. The van der Waals surface area contributed by atoms with E-state index in [1.165, 1.54) is 17.2 Å². The Morgan fingerprint density at radius 1 is 1.24 bits per heavy atom. The van der Waals surface area contributed by atoms with E-state index in [1.54, 1.807) is 6.92 Å². The van der Waals surface area contributed by atoms with E-state index in [0.717, 1.165) is 18.2 Å². The molecule has 1 saturated heterocycles. The molecule has 0 radical (unpaired) electrons. The molecule has 1 aromatic carbocycles. The van der Waals surface area contributed by atoms with Crippen molar-refractivity contribution >= 4 is 34.8 Å². The molecular formula is C23H23F4N6O4+. The van der Waals surface area contributed by atoms with Crippen molar-refractivity contribution in [3.8, 4) is 5.75 Å². The first-order chi connectivity index (χ1) is 17.4. The van der Waals surface area contributed by atoms with Gasteiger partial charge in [0.15, 0.2) is 11.6 Å². The van der Waals surface area contributed by atoms with Gasteiger partial charge in [-0.25, -0.2) is 9.80 Å². The van der Waals surface area contributed by atoms with Crippen LogP contribution in [0.4, 0.5) is 28.9 Å². The molecule has 2 aromatic rings. The molecule has 1 aromatic heterocycles. The Morgan fingerprint density at radius 3 is 2.65 bits per heavy atom. The van der Waals surface area contributed by atoms with E-state index >= 15 is 0 Å². The van der Waals surface area contributed by atoms with Gasteiger partial charge in [-0.2, -0.15) is 0 Å². The van der Waals surface area contributed by atoms with Crippen molar-refractivity contribution in [2.45, 2.75) is 38.2 Å². The number of anilines is 2. The molecule has 196 valence electrons. The van der Waals surface area contributed by atoms with Gasteiger partial charge in [0.05, 0.1) is 29.7 Å². The molecule has 0 bridgehead atoms. The second-order valence-electron chi connectivity index (χ2n) is 8.77. The summed E-state index contributed by atoms with van der Waals surface area (Å²) in [6, 6.07) is 3.35. The van der Waals surface area contributed by atoms with Gasteiger partial charge in [0.2, 0.25) is 11.8 Å². The number of nitrogens with one attached hydrogen (secondary N) is 2. The van der Waals surface area contributed by atoms with Crippen molar-refractivity contribution in [2.75, 3.05) is 17.2 Å². The molecule has 14 heteroatoms. The van der Waals surface area contributed by atoms with Crippen LogP contribution in [0.25, 0.3) is 0 Å². The lowest BCUT2D eigenvalue weighted by Crippen LogP contribution is -2.49. The summed E-state index contributed by atoms with van der Waals surface area (Å²) in [5.41, 5.74) is 5.65. The Morgan fingerprint density at radius 2 is 1.97 bits per heavy atom. The molecular weight excluding hydrogens is 500 g/mol. The molecule has 6 N–H and O–H groups in total. The number of nitrogens with two attached hydrogens (primary N) is 2. The second-order valence-corrected chi connectivity index (χ2v) is 8.77. The molecule has 4 rings (SSSR count). The fraction of sp³-hybridized carbons (Fsp3) is 0.348. The maximum Gasteiger partial charge on any atom is 0.573 e. The van der Waals surface area contributed by atoms with E-state index in [2.05, 4.69) is 20.4 Å². The van der Waals surface area contributed by atoms with Crippen LogP contribution in [0, 0.1) is 18.7 Å². The molecule has 1 unspecified atom stereocenters. The summed E-state index contributed by atoms with van der Waals surface area (Å²) in [7, 11) is 0. The number of amides is 3. The molecule has 3 amide bonds. The van der Waals surface area contributed by atoms with Crippen LogP contribution >= 0.6 is 0 Å². The highest BCUT2D eigenvalue weighted by molar-refractivity contribution is 6.43. The summed E-state index contributed by atoms with van der Waals surface area (Å²) in [6.45, 7) is 1.40. The third-order valence-electron chi connectivity index (χ3n) is 6.17. The number of fused-ring (bicyclic) bond motifs is 1. The fourth-order valence-corrected chi connectivity index (χ4v) is 4.39. The summed E-state index contributed by atoms with van der Waals surface area (Å²) in [5.74, 6) is -4.45. The average Bonchev–Trinajstić information content (AvgIpc) is 3.48. The highest BCUT2D eigenvalue weighted by atomic mass is 19.4. The predicted molar refractivity (Wildman–Crippen MR) is 122 cm³/mol. The van der Waals surface area contributed by atoms with Crippen LogP contribution in [0.2, 0.25) is 0 Å². The number of primary amides is 1. The lowest BCUT2D eigenvalue weighted by atomic mass is 10.1. The first kappa shape index (κ1) is 25.9. The van der Waals surface area contributed by atoms with Crippen molar-refractivity contribution in [3.63, 3.8) is 0 Å². The number of hydrogen-bond donors (Lipinski definition) is 4. The van der Waals surface area contributed by atoms with Gasteiger partial charge in [-0.15, -0.1) is 13.2 Å². The van der Waals surface area contributed by atoms with Crippen LogP contribution in [-0.4, -0.2) is 58.3 Å². The van der Waals surface area contributed by atoms with Crippen LogP contribution < -0.4 is 26.5 Å². The normalized spacial score (nSPS) is 20.1. The minimum absolute atomic E-state index is 0.0832. The topological polar surface area (TPSA) is 152 Å². The Labute approximate surface area is 207 Å². The van der Waals surface area contributed by atoms with E-state index in [-0.39, 0.29) is 35.5 Å². The molecule has 2 aliphatic rings. The van der Waals surface area contributed by atoms with E-state index in [1.807, 2.05) is 0 Å². The monoisotopic (exact) mass is 523 g/mol. The Hall–Kier alpha value is -4.23. The number of carbonyl (C=O) groups is 3. The van der Waals surface area contributed by atoms with Crippen LogP contribution in [-0.2, 0) is 14.4 Å². The molecule has 1 aliphatic heterocycles. The minimum Gasteiger partial charge on any atom is -0.403 e. The number of hydrogen-bond acceptors (Lipinski definition) is 6. The number of aromatic nitrogens is 1. The van der Waals surface area contributed by atoms with Gasteiger partial charge < -0.3 is 26.0 Å². The zero-order valence-corrected chi connectivity index (χ0v) is 19.4. The van der Waals surface area contributed by atoms with Crippen molar-refractivity contribution in [1.82, 2.24) is 9.88 Å². The van der Waals surface area contributed by atoms with Crippen molar-refractivity contribution in [3.05, 3.63) is 47.5 Å². The predicted octanol–water partition coefficient (Wildman–Crippen LogP) is 0.501. The van der Waals surface area contributed by atoms with Gasteiger partial charge in [0, 0.05) is 11.7 Å². The number of rotatable bonds is 8. The summed E-state index contributed by atoms with van der Waals surface area (Å²) in [6.07, 6.45) is -2.71. The van der Waals surface area contributed by atoms with E-state index in [0.29, 0.717) is 18.5 Å². The van der Waals surface area contributed by atoms with Gasteiger partial charge in [-0.05, 0) is 43.9 Å². The lowest BCUT2D eigenvalue weighted by molar-refractivity contribution is -0.275. The summed E-state index contributed by atoms with van der Waals surface area (Å²) < 4.78 is 55.7. The first-order valence-corrected chi connectivity index (χ1v) is 11.1. The Balaban J connectivity index is 1.46. The van der Waals surface area contributed by atoms with Gasteiger partial charge in [-0.3, -0.25) is 19.4 Å². The third kappa shape index (κ3) is 5.62. The van der Waals surface area contributed by atoms with Gasteiger partial charge in [-0.1, -0.05) is 6.07 Å². The number of piperidine rings is 1. The number of nitrogens with zero attached hydrogens (tertiary/aromatic N) is 2. The number of pyridine rings is 1. The largest absolute Gasteiger partial charge is 0.573 e. The first-order valence-electron chi connectivity index (χ1n) is 11.1. The van der Waals surface area contributed by atoms with Crippen LogP contribution in [0.5, 0.6) is 5.75 Å². The SMILES string of the molecule is Cc1cc(C(=[NH2+])C(N)=O)c(NCC(=O)N2[C@@H]3CC3C[C@H]2C(=O)Nc2cccc(OC(F)(F)F)c2F)cn1. The lowest BCUT2D eigenvalue weighted by Gasteiger charge is -2.27.